The third-order valence-corrected chi connectivity index (χ3v) is 4.63. The number of nitrogens with zero attached hydrogens (tertiary/aromatic N) is 4. The van der Waals surface area contributed by atoms with Crippen LogP contribution in [-0.4, -0.2) is 32.5 Å². The lowest BCUT2D eigenvalue weighted by atomic mass is 10.2. The number of carbonyl (C=O) groups is 1. The highest BCUT2D eigenvalue weighted by Gasteiger charge is 2.22. The number of hydrogen-bond acceptors (Lipinski definition) is 6. The average Bonchev–Trinajstić information content (AvgIpc) is 3.56. The van der Waals surface area contributed by atoms with Gasteiger partial charge in [-0.2, -0.15) is 0 Å². The molecule has 1 amide bonds. The van der Waals surface area contributed by atoms with Gasteiger partial charge in [0.15, 0.2) is 0 Å². The van der Waals surface area contributed by atoms with Crippen molar-refractivity contribution in [2.24, 2.45) is 5.92 Å². The summed E-state index contributed by atoms with van der Waals surface area (Å²) in [6.45, 7) is 1.27. The summed E-state index contributed by atoms with van der Waals surface area (Å²) in [4.78, 5) is 28.7. The Bertz CT molecular complexity index is 1030. The van der Waals surface area contributed by atoms with Crippen LogP contribution in [0.5, 0.6) is 5.88 Å². The monoisotopic (exact) mass is 379 g/mol. The van der Waals surface area contributed by atoms with Crippen LogP contribution in [0.3, 0.4) is 0 Å². The van der Waals surface area contributed by atoms with Gasteiger partial charge in [0, 0.05) is 25.2 Å². The molecule has 3 aromatic rings. The standard InChI is InChI=1S/C20H21N5O3/c26-18(9-10-25-20(27)16-3-1-2-4-17(16)23-24-25)21-11-15-7-8-19(22-12-15)28-13-14-5-6-14/h1-4,7-8,12,14H,5-6,9-11,13H2,(H,21,26). The van der Waals surface area contributed by atoms with E-state index in [4.69, 9.17) is 4.74 Å². The van der Waals surface area contributed by atoms with Crippen molar-refractivity contribution in [1.82, 2.24) is 25.3 Å². The highest BCUT2D eigenvalue weighted by molar-refractivity contribution is 5.77. The van der Waals surface area contributed by atoms with Crippen LogP contribution in [0.2, 0.25) is 0 Å². The fourth-order valence-corrected chi connectivity index (χ4v) is 2.75. The first-order valence-electron chi connectivity index (χ1n) is 9.36. The number of benzene rings is 1. The molecule has 0 radical (unpaired) electrons. The Morgan fingerprint density at radius 3 is 2.86 bits per heavy atom. The van der Waals surface area contributed by atoms with E-state index in [9.17, 15) is 9.59 Å². The predicted octanol–water partition coefficient (Wildman–Crippen LogP) is 1.68. The molecule has 1 fully saturated rings. The molecule has 1 aromatic carbocycles. The average molecular weight is 379 g/mol. The largest absolute Gasteiger partial charge is 0.477 e. The van der Waals surface area contributed by atoms with Crippen LogP contribution in [0.15, 0.2) is 47.4 Å². The van der Waals surface area contributed by atoms with E-state index in [0.29, 0.717) is 29.2 Å². The number of rotatable bonds is 8. The van der Waals surface area contributed by atoms with E-state index in [1.165, 1.54) is 17.5 Å². The molecule has 144 valence electrons. The first-order valence-corrected chi connectivity index (χ1v) is 9.36. The molecule has 8 nitrogen and oxygen atoms in total. The second-order valence-electron chi connectivity index (χ2n) is 6.92. The molecule has 2 aromatic heterocycles. The Labute approximate surface area is 161 Å². The number of carbonyl (C=O) groups excluding carboxylic acids is 1. The third kappa shape index (κ3) is 4.51. The minimum Gasteiger partial charge on any atom is -0.477 e. The number of hydrogen-bond donors (Lipinski definition) is 1. The van der Waals surface area contributed by atoms with Crippen LogP contribution < -0.4 is 15.6 Å². The summed E-state index contributed by atoms with van der Waals surface area (Å²) >= 11 is 0. The highest BCUT2D eigenvalue weighted by Crippen LogP contribution is 2.29. The molecule has 0 aliphatic heterocycles. The van der Waals surface area contributed by atoms with Gasteiger partial charge in [0.2, 0.25) is 11.8 Å². The minimum absolute atomic E-state index is 0.142. The molecule has 8 heteroatoms. The van der Waals surface area contributed by atoms with Gasteiger partial charge in [-0.1, -0.05) is 23.4 Å². The molecule has 1 aliphatic rings. The van der Waals surface area contributed by atoms with Gasteiger partial charge in [-0.25, -0.2) is 9.67 Å². The summed E-state index contributed by atoms with van der Waals surface area (Å²) in [6.07, 6.45) is 4.31. The summed E-state index contributed by atoms with van der Waals surface area (Å²) in [5, 5.41) is 11.2. The maximum atomic E-state index is 12.4. The predicted molar refractivity (Wildman–Crippen MR) is 103 cm³/mol. The number of aromatic nitrogens is 4. The van der Waals surface area contributed by atoms with Gasteiger partial charge >= 0.3 is 0 Å². The maximum absolute atomic E-state index is 12.4. The van der Waals surface area contributed by atoms with Crippen LogP contribution >= 0.6 is 0 Å². The lowest BCUT2D eigenvalue weighted by Crippen LogP contribution is -2.29. The number of ether oxygens (including phenoxy) is 1. The topological polar surface area (TPSA) is 99.0 Å². The smallest absolute Gasteiger partial charge is 0.277 e. The molecule has 4 rings (SSSR count). The van der Waals surface area contributed by atoms with Crippen molar-refractivity contribution in [1.29, 1.82) is 0 Å². The summed E-state index contributed by atoms with van der Waals surface area (Å²) in [6, 6.07) is 10.7. The molecular weight excluding hydrogens is 358 g/mol. The third-order valence-electron chi connectivity index (χ3n) is 4.63. The fourth-order valence-electron chi connectivity index (χ4n) is 2.75. The Kier molecular flexibility index (Phi) is 5.27. The lowest BCUT2D eigenvalue weighted by Gasteiger charge is -2.08. The van der Waals surface area contributed by atoms with Gasteiger partial charge in [0.25, 0.3) is 5.56 Å². The van der Waals surface area contributed by atoms with Gasteiger partial charge in [-0.05, 0) is 36.5 Å². The van der Waals surface area contributed by atoms with Crippen LogP contribution in [-0.2, 0) is 17.9 Å². The molecule has 0 bridgehead atoms. The van der Waals surface area contributed by atoms with E-state index >= 15 is 0 Å². The van der Waals surface area contributed by atoms with Gasteiger partial charge in [-0.15, -0.1) is 5.10 Å². The van der Waals surface area contributed by atoms with Crippen LogP contribution in [0.4, 0.5) is 0 Å². The summed E-state index contributed by atoms with van der Waals surface area (Å²) in [5.74, 6) is 1.12. The molecule has 1 aliphatic carbocycles. The summed E-state index contributed by atoms with van der Waals surface area (Å²) in [7, 11) is 0. The van der Waals surface area contributed by atoms with E-state index in [0.717, 1.165) is 12.2 Å². The number of aryl methyl sites for hydroxylation is 1. The van der Waals surface area contributed by atoms with Gasteiger partial charge < -0.3 is 10.1 Å². The molecule has 0 saturated heterocycles. The van der Waals surface area contributed by atoms with E-state index < -0.39 is 0 Å². The Morgan fingerprint density at radius 2 is 2.07 bits per heavy atom. The van der Waals surface area contributed by atoms with Gasteiger partial charge in [0.05, 0.1) is 18.5 Å². The van der Waals surface area contributed by atoms with Crippen molar-refractivity contribution in [2.75, 3.05) is 6.61 Å². The van der Waals surface area contributed by atoms with E-state index in [1.807, 2.05) is 12.1 Å². The number of amides is 1. The van der Waals surface area contributed by atoms with Crippen molar-refractivity contribution in [2.45, 2.75) is 32.4 Å². The van der Waals surface area contributed by atoms with Gasteiger partial charge in [-0.3, -0.25) is 9.59 Å². The second-order valence-corrected chi connectivity index (χ2v) is 6.92. The maximum Gasteiger partial charge on any atom is 0.277 e. The summed E-state index contributed by atoms with van der Waals surface area (Å²) < 4.78 is 6.81. The molecule has 1 saturated carbocycles. The molecule has 28 heavy (non-hydrogen) atoms. The number of fused-ring (bicyclic) bond motifs is 1. The normalized spacial score (nSPS) is 13.4. The molecule has 0 atom stereocenters. The first kappa shape index (κ1) is 18.1. The van der Waals surface area contributed by atoms with E-state index in [2.05, 4.69) is 20.6 Å². The van der Waals surface area contributed by atoms with E-state index in [-0.39, 0.29) is 24.4 Å². The molecular formula is C20H21N5O3. The highest BCUT2D eigenvalue weighted by atomic mass is 16.5. The quantitative estimate of drug-likeness (QED) is 0.639. The fraction of sp³-hybridized carbons (Fsp3) is 0.350. The van der Waals surface area contributed by atoms with Crippen molar-refractivity contribution in [3.8, 4) is 5.88 Å². The second kappa shape index (κ2) is 8.16. The zero-order valence-electron chi connectivity index (χ0n) is 15.4. The first-order chi connectivity index (χ1) is 13.7. The van der Waals surface area contributed by atoms with Crippen molar-refractivity contribution in [3.05, 3.63) is 58.5 Å². The molecule has 0 spiro atoms. The minimum atomic E-state index is -0.246. The van der Waals surface area contributed by atoms with Crippen LogP contribution in [0.25, 0.3) is 10.9 Å². The van der Waals surface area contributed by atoms with Crippen molar-refractivity contribution in [3.63, 3.8) is 0 Å². The lowest BCUT2D eigenvalue weighted by molar-refractivity contribution is -0.121. The molecule has 1 N–H and O–H groups in total. The number of nitrogens with one attached hydrogen (secondary N) is 1. The zero-order chi connectivity index (χ0) is 19.3. The van der Waals surface area contributed by atoms with E-state index in [1.54, 1.807) is 30.5 Å². The van der Waals surface area contributed by atoms with Crippen LogP contribution in [0, 0.1) is 5.92 Å². The Balaban J connectivity index is 1.26. The van der Waals surface area contributed by atoms with Crippen molar-refractivity contribution < 1.29 is 9.53 Å². The Hall–Kier alpha value is -3.29. The molecule has 2 heterocycles. The van der Waals surface area contributed by atoms with Crippen LogP contribution in [0.1, 0.15) is 24.8 Å². The number of pyridine rings is 1. The zero-order valence-corrected chi connectivity index (χ0v) is 15.4. The Morgan fingerprint density at radius 1 is 1.21 bits per heavy atom. The summed E-state index contributed by atoms with van der Waals surface area (Å²) in [5.41, 5.74) is 1.18. The van der Waals surface area contributed by atoms with Crippen molar-refractivity contribution >= 4 is 16.8 Å². The van der Waals surface area contributed by atoms with Gasteiger partial charge in [0.1, 0.15) is 5.52 Å². The molecule has 0 unspecified atom stereocenters. The SMILES string of the molecule is O=C(CCn1nnc2ccccc2c1=O)NCc1ccc(OCC2CC2)nc1.